The number of hydrogen-bond donors (Lipinski definition) is 2. The van der Waals surface area contributed by atoms with Gasteiger partial charge in [-0.25, -0.2) is 8.78 Å². The normalized spacial score (nSPS) is 18.1. The molecule has 3 N–H and O–H groups in total. The van der Waals surface area contributed by atoms with Gasteiger partial charge in [0.15, 0.2) is 0 Å². The Hall–Kier alpha value is -1.98. The van der Waals surface area contributed by atoms with E-state index >= 15 is 0 Å². The van der Waals surface area contributed by atoms with Crippen LogP contribution < -0.4 is 16.0 Å². The molecule has 0 aromatic heterocycles. The van der Waals surface area contributed by atoms with E-state index < -0.39 is 11.6 Å². The summed E-state index contributed by atoms with van der Waals surface area (Å²) < 4.78 is 32.4. The Bertz CT molecular complexity index is 603. The number of nitrogens with two attached hydrogens (primary N) is 1. The number of halogens is 2. The second-order valence-corrected chi connectivity index (χ2v) is 5.22. The van der Waals surface area contributed by atoms with Crippen molar-refractivity contribution in [2.75, 3.05) is 0 Å². The lowest BCUT2D eigenvalue weighted by Gasteiger charge is -2.22. The van der Waals surface area contributed by atoms with Gasteiger partial charge in [0, 0.05) is 12.5 Å². The topological polar surface area (TPSA) is 47.3 Å². The quantitative estimate of drug-likeness (QED) is 0.671. The van der Waals surface area contributed by atoms with Gasteiger partial charge in [-0.3, -0.25) is 11.3 Å². The van der Waals surface area contributed by atoms with Crippen LogP contribution in [0.2, 0.25) is 0 Å². The second-order valence-electron chi connectivity index (χ2n) is 5.22. The van der Waals surface area contributed by atoms with Gasteiger partial charge in [0.2, 0.25) is 0 Å². The van der Waals surface area contributed by atoms with Crippen molar-refractivity contribution in [2.24, 2.45) is 5.84 Å². The summed E-state index contributed by atoms with van der Waals surface area (Å²) in [6.07, 6.45) is 0.964. The van der Waals surface area contributed by atoms with Crippen molar-refractivity contribution < 1.29 is 13.5 Å². The largest absolute Gasteiger partial charge is 0.488 e. The number of ether oxygens (including phenoxy) is 1. The van der Waals surface area contributed by atoms with Crippen LogP contribution in [-0.2, 0) is 12.8 Å². The van der Waals surface area contributed by atoms with Crippen LogP contribution in [0.4, 0.5) is 8.78 Å². The number of para-hydroxylation sites is 1. The molecule has 1 aliphatic rings. The number of benzene rings is 2. The molecule has 0 bridgehead atoms. The maximum Gasteiger partial charge on any atom is 0.126 e. The van der Waals surface area contributed by atoms with E-state index in [1.165, 1.54) is 12.1 Å². The second kappa shape index (κ2) is 5.79. The minimum absolute atomic E-state index is 0.154. The number of rotatable bonds is 4. The van der Waals surface area contributed by atoms with E-state index in [4.69, 9.17) is 10.6 Å². The third-order valence-corrected chi connectivity index (χ3v) is 3.71. The molecule has 2 aromatic rings. The van der Waals surface area contributed by atoms with Gasteiger partial charge in [0.25, 0.3) is 0 Å². The van der Waals surface area contributed by atoms with E-state index in [-0.39, 0.29) is 12.1 Å². The van der Waals surface area contributed by atoms with Crippen LogP contribution in [0.3, 0.4) is 0 Å². The maximum absolute atomic E-state index is 13.3. The number of fused-ring (bicyclic) bond motifs is 1. The molecule has 0 saturated carbocycles. The van der Waals surface area contributed by atoms with Crippen molar-refractivity contribution in [2.45, 2.75) is 25.0 Å². The minimum atomic E-state index is -0.587. The summed E-state index contributed by atoms with van der Waals surface area (Å²) in [5, 5.41) is 0. The van der Waals surface area contributed by atoms with Crippen molar-refractivity contribution in [3.63, 3.8) is 0 Å². The zero-order chi connectivity index (χ0) is 14.8. The molecule has 1 heterocycles. The lowest BCUT2D eigenvalue weighted by atomic mass is 9.98. The van der Waals surface area contributed by atoms with Crippen molar-refractivity contribution in [1.82, 2.24) is 5.43 Å². The van der Waals surface area contributed by atoms with E-state index in [2.05, 4.69) is 5.43 Å². The summed E-state index contributed by atoms with van der Waals surface area (Å²) in [7, 11) is 0. The van der Waals surface area contributed by atoms with Gasteiger partial charge in [-0.15, -0.1) is 0 Å². The van der Waals surface area contributed by atoms with Gasteiger partial charge in [0.05, 0.1) is 6.04 Å². The van der Waals surface area contributed by atoms with Crippen LogP contribution in [-0.4, -0.2) is 12.1 Å². The van der Waals surface area contributed by atoms with E-state index in [1.807, 2.05) is 24.3 Å². The van der Waals surface area contributed by atoms with Gasteiger partial charge >= 0.3 is 0 Å². The molecule has 2 atom stereocenters. The highest BCUT2D eigenvalue weighted by Crippen LogP contribution is 2.30. The van der Waals surface area contributed by atoms with Crippen LogP contribution in [0.5, 0.6) is 5.75 Å². The van der Waals surface area contributed by atoms with Gasteiger partial charge < -0.3 is 4.74 Å². The fourth-order valence-electron chi connectivity index (χ4n) is 2.71. The molecule has 2 aromatic carbocycles. The van der Waals surface area contributed by atoms with Gasteiger partial charge in [-0.1, -0.05) is 18.2 Å². The lowest BCUT2D eigenvalue weighted by Crippen LogP contribution is -2.47. The number of nitrogens with one attached hydrogen (secondary N) is 1. The molecule has 110 valence electrons. The van der Waals surface area contributed by atoms with E-state index in [0.29, 0.717) is 12.0 Å². The Morgan fingerprint density at radius 3 is 2.57 bits per heavy atom. The van der Waals surface area contributed by atoms with E-state index in [9.17, 15) is 8.78 Å². The first-order valence-electron chi connectivity index (χ1n) is 6.81. The van der Waals surface area contributed by atoms with E-state index in [0.717, 1.165) is 23.8 Å². The molecule has 0 aliphatic carbocycles. The molecular formula is C16H16F2N2O. The van der Waals surface area contributed by atoms with Crippen LogP contribution in [0, 0.1) is 11.6 Å². The SMILES string of the molecule is NNC(Cc1cc(F)cc(F)c1)C1Cc2ccccc2O1. The molecule has 0 fully saturated rings. The zero-order valence-electron chi connectivity index (χ0n) is 11.4. The molecule has 0 radical (unpaired) electrons. The fraction of sp³-hybridized carbons (Fsp3) is 0.250. The summed E-state index contributed by atoms with van der Waals surface area (Å²) in [5.74, 6) is 5.26. The Kier molecular flexibility index (Phi) is 3.86. The van der Waals surface area contributed by atoms with Gasteiger partial charge in [-0.05, 0) is 35.7 Å². The van der Waals surface area contributed by atoms with Crippen molar-refractivity contribution >= 4 is 0 Å². The minimum Gasteiger partial charge on any atom is -0.488 e. The smallest absolute Gasteiger partial charge is 0.126 e. The van der Waals surface area contributed by atoms with Crippen LogP contribution in [0.15, 0.2) is 42.5 Å². The molecule has 2 unspecified atom stereocenters. The molecule has 5 heteroatoms. The predicted octanol–water partition coefficient (Wildman–Crippen LogP) is 2.34. The first-order valence-corrected chi connectivity index (χ1v) is 6.81. The lowest BCUT2D eigenvalue weighted by molar-refractivity contribution is 0.177. The first kappa shape index (κ1) is 14.0. The monoisotopic (exact) mass is 290 g/mol. The molecule has 0 saturated heterocycles. The van der Waals surface area contributed by atoms with Crippen LogP contribution in [0.25, 0.3) is 0 Å². The Morgan fingerprint density at radius 2 is 1.90 bits per heavy atom. The summed E-state index contributed by atoms with van der Waals surface area (Å²) in [6.45, 7) is 0. The average Bonchev–Trinajstić information content (AvgIpc) is 2.87. The Labute approximate surface area is 121 Å². The molecule has 0 spiro atoms. The van der Waals surface area contributed by atoms with Crippen molar-refractivity contribution in [3.05, 3.63) is 65.2 Å². The molecular weight excluding hydrogens is 274 g/mol. The average molecular weight is 290 g/mol. The summed E-state index contributed by atoms with van der Waals surface area (Å²) in [6, 6.07) is 11.0. The van der Waals surface area contributed by atoms with Gasteiger partial charge in [0.1, 0.15) is 23.5 Å². The van der Waals surface area contributed by atoms with Gasteiger partial charge in [-0.2, -0.15) is 0 Å². The standard InChI is InChI=1S/C16H16F2N2O/c17-12-5-10(6-13(18)9-12)7-14(20-19)16-8-11-3-1-2-4-15(11)21-16/h1-6,9,14,16,20H,7-8,19H2. The highest BCUT2D eigenvalue weighted by atomic mass is 19.1. The molecule has 3 nitrogen and oxygen atoms in total. The summed E-state index contributed by atoms with van der Waals surface area (Å²) in [4.78, 5) is 0. The number of hydrogen-bond acceptors (Lipinski definition) is 3. The van der Waals surface area contributed by atoms with Crippen LogP contribution in [0.1, 0.15) is 11.1 Å². The Balaban J connectivity index is 1.75. The molecule has 0 amide bonds. The molecule has 21 heavy (non-hydrogen) atoms. The third-order valence-electron chi connectivity index (χ3n) is 3.71. The molecule has 1 aliphatic heterocycles. The van der Waals surface area contributed by atoms with Crippen LogP contribution >= 0.6 is 0 Å². The Morgan fingerprint density at radius 1 is 1.19 bits per heavy atom. The molecule has 3 rings (SSSR count). The zero-order valence-corrected chi connectivity index (χ0v) is 11.4. The summed E-state index contributed by atoms with van der Waals surface area (Å²) in [5.41, 5.74) is 4.37. The fourth-order valence-corrected chi connectivity index (χ4v) is 2.71. The third kappa shape index (κ3) is 3.04. The highest BCUT2D eigenvalue weighted by Gasteiger charge is 2.29. The predicted molar refractivity (Wildman–Crippen MR) is 75.7 cm³/mol. The van der Waals surface area contributed by atoms with E-state index in [1.54, 1.807) is 0 Å². The number of hydrazine groups is 1. The van der Waals surface area contributed by atoms with Crippen molar-refractivity contribution in [3.8, 4) is 5.75 Å². The highest BCUT2D eigenvalue weighted by molar-refractivity contribution is 5.37. The van der Waals surface area contributed by atoms with Crippen molar-refractivity contribution in [1.29, 1.82) is 0 Å². The maximum atomic E-state index is 13.3. The summed E-state index contributed by atoms with van der Waals surface area (Å²) >= 11 is 0. The first-order chi connectivity index (χ1) is 10.2.